The Morgan fingerprint density at radius 2 is 2.10 bits per heavy atom. The van der Waals surface area contributed by atoms with Crippen LogP contribution in [0.4, 0.5) is 11.5 Å². The third-order valence-corrected chi connectivity index (χ3v) is 2.87. The van der Waals surface area contributed by atoms with Crippen LogP contribution >= 0.6 is 11.6 Å². The molecule has 1 aromatic carbocycles. The van der Waals surface area contributed by atoms with Crippen LogP contribution in [0.3, 0.4) is 0 Å². The molecule has 0 saturated carbocycles. The van der Waals surface area contributed by atoms with E-state index < -0.39 is 10.8 Å². The molecule has 0 bridgehead atoms. The molecular weight excluding hydrogens is 282 g/mol. The van der Waals surface area contributed by atoms with E-state index in [1.165, 1.54) is 24.4 Å². The fourth-order valence-corrected chi connectivity index (χ4v) is 1.71. The van der Waals surface area contributed by atoms with Crippen LogP contribution < -0.4 is 5.32 Å². The van der Waals surface area contributed by atoms with Crippen molar-refractivity contribution in [2.24, 2.45) is 0 Å². The zero-order valence-electron chi connectivity index (χ0n) is 10.5. The molecule has 7 heteroatoms. The largest absolute Gasteiger partial charge is 0.307 e. The summed E-state index contributed by atoms with van der Waals surface area (Å²) in [5, 5.41) is 13.7. The van der Waals surface area contributed by atoms with E-state index in [0.29, 0.717) is 16.4 Å². The number of amides is 1. The molecule has 1 N–H and O–H groups in total. The second-order valence-electron chi connectivity index (χ2n) is 4.07. The maximum Gasteiger partial charge on any atom is 0.270 e. The molecule has 0 atom stereocenters. The SMILES string of the molecule is Cc1ccc([N+](=O)[O-])cc1C(=O)Nc1ccc(Cl)cn1. The Hall–Kier alpha value is -2.47. The van der Waals surface area contributed by atoms with Crippen LogP contribution in [0.5, 0.6) is 0 Å². The number of carbonyl (C=O) groups excluding carboxylic acids is 1. The van der Waals surface area contributed by atoms with E-state index in [-0.39, 0.29) is 11.3 Å². The normalized spacial score (nSPS) is 10.1. The number of nitrogens with one attached hydrogen (secondary N) is 1. The monoisotopic (exact) mass is 291 g/mol. The standard InChI is InChI=1S/C13H10ClN3O3/c1-8-2-4-10(17(19)20)6-11(8)13(18)16-12-5-3-9(14)7-15-12/h2-7H,1H3,(H,15,16,18). The number of anilines is 1. The van der Waals surface area contributed by atoms with Crippen LogP contribution in [0, 0.1) is 17.0 Å². The van der Waals surface area contributed by atoms with Crippen molar-refractivity contribution in [2.75, 3.05) is 5.32 Å². The quantitative estimate of drug-likeness (QED) is 0.695. The number of halogens is 1. The van der Waals surface area contributed by atoms with Crippen molar-refractivity contribution in [2.45, 2.75) is 6.92 Å². The highest BCUT2D eigenvalue weighted by molar-refractivity contribution is 6.30. The van der Waals surface area contributed by atoms with Gasteiger partial charge in [0.05, 0.1) is 9.95 Å². The first kappa shape index (κ1) is 14.0. The smallest absolute Gasteiger partial charge is 0.270 e. The number of non-ortho nitro benzene ring substituents is 1. The topological polar surface area (TPSA) is 85.1 Å². The molecule has 0 radical (unpaired) electrons. The molecule has 102 valence electrons. The van der Waals surface area contributed by atoms with Crippen LogP contribution in [-0.4, -0.2) is 15.8 Å². The van der Waals surface area contributed by atoms with Gasteiger partial charge in [-0.15, -0.1) is 0 Å². The van der Waals surface area contributed by atoms with Gasteiger partial charge in [-0.1, -0.05) is 17.7 Å². The van der Waals surface area contributed by atoms with Crippen LogP contribution in [0.15, 0.2) is 36.5 Å². The maximum atomic E-state index is 12.1. The van der Waals surface area contributed by atoms with Crippen molar-refractivity contribution in [1.29, 1.82) is 0 Å². The summed E-state index contributed by atoms with van der Waals surface area (Å²) in [7, 11) is 0. The Kier molecular flexibility index (Phi) is 3.95. The molecule has 2 rings (SSSR count). The zero-order valence-corrected chi connectivity index (χ0v) is 11.2. The molecule has 1 aromatic heterocycles. The number of aromatic nitrogens is 1. The Labute approximate surface area is 119 Å². The van der Waals surface area contributed by atoms with Gasteiger partial charge in [-0.25, -0.2) is 4.98 Å². The van der Waals surface area contributed by atoms with Gasteiger partial charge in [-0.3, -0.25) is 14.9 Å². The van der Waals surface area contributed by atoms with Crippen molar-refractivity contribution in [1.82, 2.24) is 4.98 Å². The number of aryl methyl sites for hydroxylation is 1. The van der Waals surface area contributed by atoms with Crippen molar-refractivity contribution in [3.05, 3.63) is 62.8 Å². The second-order valence-corrected chi connectivity index (χ2v) is 4.51. The summed E-state index contributed by atoms with van der Waals surface area (Å²) in [6, 6.07) is 7.26. The number of pyridine rings is 1. The molecule has 0 aliphatic rings. The number of nitrogens with zero attached hydrogens (tertiary/aromatic N) is 2. The summed E-state index contributed by atoms with van der Waals surface area (Å²) in [6.45, 7) is 1.70. The summed E-state index contributed by atoms with van der Waals surface area (Å²) in [6.07, 6.45) is 1.40. The van der Waals surface area contributed by atoms with Crippen LogP contribution in [0.2, 0.25) is 5.02 Å². The first-order chi connectivity index (χ1) is 9.47. The number of nitro groups is 1. The van der Waals surface area contributed by atoms with E-state index in [9.17, 15) is 14.9 Å². The van der Waals surface area contributed by atoms with Crippen LogP contribution in [-0.2, 0) is 0 Å². The first-order valence-corrected chi connectivity index (χ1v) is 6.03. The molecule has 0 saturated heterocycles. The average molecular weight is 292 g/mol. The molecule has 1 amide bonds. The fourth-order valence-electron chi connectivity index (χ4n) is 1.60. The molecule has 0 aliphatic carbocycles. The van der Waals surface area contributed by atoms with Gasteiger partial charge in [0.25, 0.3) is 11.6 Å². The van der Waals surface area contributed by atoms with E-state index in [1.54, 1.807) is 19.1 Å². The third-order valence-electron chi connectivity index (χ3n) is 2.65. The molecule has 1 heterocycles. The van der Waals surface area contributed by atoms with Crippen LogP contribution in [0.1, 0.15) is 15.9 Å². The molecule has 0 aliphatic heterocycles. The lowest BCUT2D eigenvalue weighted by Crippen LogP contribution is -2.14. The van der Waals surface area contributed by atoms with E-state index >= 15 is 0 Å². The Morgan fingerprint density at radius 1 is 1.35 bits per heavy atom. The Balaban J connectivity index is 2.26. The van der Waals surface area contributed by atoms with Crippen molar-refractivity contribution in [3.63, 3.8) is 0 Å². The maximum absolute atomic E-state index is 12.1. The molecular formula is C13H10ClN3O3. The minimum absolute atomic E-state index is 0.134. The number of hydrogen-bond donors (Lipinski definition) is 1. The van der Waals surface area contributed by atoms with E-state index in [2.05, 4.69) is 10.3 Å². The fraction of sp³-hybridized carbons (Fsp3) is 0.0769. The second kappa shape index (κ2) is 5.66. The van der Waals surface area contributed by atoms with E-state index in [1.807, 2.05) is 0 Å². The third kappa shape index (κ3) is 3.10. The lowest BCUT2D eigenvalue weighted by molar-refractivity contribution is -0.384. The van der Waals surface area contributed by atoms with Gasteiger partial charge in [0.15, 0.2) is 0 Å². The summed E-state index contributed by atoms with van der Waals surface area (Å²) < 4.78 is 0. The molecule has 0 fully saturated rings. The lowest BCUT2D eigenvalue weighted by atomic mass is 10.1. The number of benzene rings is 1. The highest BCUT2D eigenvalue weighted by Crippen LogP contribution is 2.18. The minimum atomic E-state index is -0.545. The van der Waals surface area contributed by atoms with Crippen molar-refractivity contribution in [3.8, 4) is 0 Å². The Bertz CT molecular complexity index is 671. The predicted octanol–water partition coefficient (Wildman–Crippen LogP) is 3.20. The number of carbonyl (C=O) groups is 1. The van der Waals surface area contributed by atoms with Gasteiger partial charge in [0.2, 0.25) is 0 Å². The number of rotatable bonds is 3. The summed E-state index contributed by atoms with van der Waals surface area (Å²) in [5.41, 5.74) is 0.739. The minimum Gasteiger partial charge on any atom is -0.307 e. The van der Waals surface area contributed by atoms with Gasteiger partial charge in [-0.2, -0.15) is 0 Å². The molecule has 0 spiro atoms. The number of hydrogen-bond acceptors (Lipinski definition) is 4. The Morgan fingerprint density at radius 3 is 2.70 bits per heavy atom. The lowest BCUT2D eigenvalue weighted by Gasteiger charge is -2.07. The van der Waals surface area contributed by atoms with Gasteiger partial charge in [0.1, 0.15) is 5.82 Å². The average Bonchev–Trinajstić information content (AvgIpc) is 2.41. The molecule has 2 aromatic rings. The van der Waals surface area contributed by atoms with E-state index in [0.717, 1.165) is 0 Å². The highest BCUT2D eigenvalue weighted by Gasteiger charge is 2.15. The molecule has 0 unspecified atom stereocenters. The molecule has 6 nitrogen and oxygen atoms in total. The summed E-state index contributed by atoms with van der Waals surface area (Å²) in [5.74, 6) is -0.133. The van der Waals surface area contributed by atoms with Crippen molar-refractivity contribution < 1.29 is 9.72 Å². The highest BCUT2D eigenvalue weighted by atomic mass is 35.5. The van der Waals surface area contributed by atoms with E-state index in [4.69, 9.17) is 11.6 Å². The summed E-state index contributed by atoms with van der Waals surface area (Å²) in [4.78, 5) is 26.2. The van der Waals surface area contributed by atoms with Crippen molar-refractivity contribution >= 4 is 29.0 Å². The first-order valence-electron chi connectivity index (χ1n) is 5.65. The van der Waals surface area contributed by atoms with Gasteiger partial charge < -0.3 is 5.32 Å². The number of nitro benzene ring substituents is 1. The van der Waals surface area contributed by atoms with Crippen LogP contribution in [0.25, 0.3) is 0 Å². The predicted molar refractivity (Wildman–Crippen MR) is 75.0 cm³/mol. The summed E-state index contributed by atoms with van der Waals surface area (Å²) >= 11 is 5.70. The van der Waals surface area contributed by atoms with Gasteiger partial charge >= 0.3 is 0 Å². The molecule has 20 heavy (non-hydrogen) atoms. The zero-order chi connectivity index (χ0) is 14.7. The van der Waals surface area contributed by atoms with Gasteiger partial charge in [0, 0.05) is 23.9 Å². The van der Waals surface area contributed by atoms with Gasteiger partial charge in [-0.05, 0) is 24.6 Å².